The van der Waals surface area contributed by atoms with Crippen LogP contribution in [0.4, 0.5) is 0 Å². The summed E-state index contributed by atoms with van der Waals surface area (Å²) in [4.78, 5) is 15.7. The van der Waals surface area contributed by atoms with Crippen molar-refractivity contribution in [3.8, 4) is 0 Å². The van der Waals surface area contributed by atoms with Crippen molar-refractivity contribution in [2.24, 2.45) is 41.0 Å². The van der Waals surface area contributed by atoms with Crippen LogP contribution in [0.1, 0.15) is 187 Å². The second-order valence-electron chi connectivity index (χ2n) is 29.8. The lowest BCUT2D eigenvalue weighted by molar-refractivity contribution is 0.101. The Balaban J connectivity index is 0.00000126. The van der Waals surface area contributed by atoms with Gasteiger partial charge in [0.1, 0.15) is 19.2 Å². The number of rotatable bonds is 19. The van der Waals surface area contributed by atoms with Crippen molar-refractivity contribution in [1.29, 1.82) is 0 Å². The summed E-state index contributed by atoms with van der Waals surface area (Å²) < 4.78 is 178. The van der Waals surface area contributed by atoms with Crippen LogP contribution >= 0.6 is 0 Å². The lowest BCUT2D eigenvalue weighted by Crippen LogP contribution is -2.54. The fourth-order valence-corrected chi connectivity index (χ4v) is 16.3. The van der Waals surface area contributed by atoms with Crippen LogP contribution in [-0.4, -0.2) is 135 Å². The van der Waals surface area contributed by atoms with Crippen molar-refractivity contribution in [1.82, 2.24) is 18.9 Å². The third-order valence-corrected chi connectivity index (χ3v) is 32.8. The van der Waals surface area contributed by atoms with Gasteiger partial charge < -0.3 is 15.5 Å². The van der Waals surface area contributed by atoms with Crippen LogP contribution in [0.5, 0.6) is 0 Å². The molecule has 610 valence electrons. The predicted molar refractivity (Wildman–Crippen MR) is 441 cm³/mol. The summed E-state index contributed by atoms with van der Waals surface area (Å²) >= 11 is 0. The first-order valence-corrected chi connectivity index (χ1v) is 48.8. The molecule has 108 heavy (non-hydrogen) atoms. The maximum absolute atomic E-state index is 12.6. The first kappa shape index (κ1) is 103. The van der Waals surface area contributed by atoms with Crippen LogP contribution in [0.25, 0.3) is 0 Å². The number of primary sulfonamides is 5. The molecule has 0 saturated carbocycles. The zero-order chi connectivity index (χ0) is 84.9. The molecule has 7 atom stereocenters. The molecular formula is C70H116N12O16S9Si. The van der Waals surface area contributed by atoms with Crippen LogP contribution in [0, 0.1) is 0 Å². The molecule has 7 unspecified atom stereocenters. The summed E-state index contributed by atoms with van der Waals surface area (Å²) in [6.07, 6.45) is 0. The molecule has 16 N–H and O–H groups in total. The maximum Gasteiger partial charge on any atom is 0.238 e. The van der Waals surface area contributed by atoms with Crippen LogP contribution < -0.4 is 45.7 Å². The van der Waals surface area contributed by atoms with Gasteiger partial charge in [-0.15, -0.1) is 0 Å². The van der Waals surface area contributed by atoms with Crippen LogP contribution in [0.3, 0.4) is 0 Å². The number of hydrogen-bond acceptors (Lipinski definition) is 19. The highest BCUT2D eigenvalue weighted by Crippen LogP contribution is 2.35. The van der Waals surface area contributed by atoms with Crippen LogP contribution in [0.2, 0.25) is 18.1 Å². The molecule has 0 bridgehead atoms. The standard InChI is InChI=1S/C16H30N2O2SSi.C12H20N2O3S2.C12H18N2O3S2.C10H16N2O2S.C8H12N2O2S.C8H9NO3S.C4H11NOS/c1-13(18(5)6)14-9-11-15(12-10-14)21(19,20)17-22(7,8)16(2,3)4;2*1-9(14-18(15)12(2,3)4)10-5-7-11(8-6-10)19(13,16)17;1-8(12(2)3)9-4-6-10(7-5-9)15(11,13)14;1-6(9)7-2-4-8(5-3-7)13(10,11)12;1-6(10)7-2-4-8(5-3-7)13(9,11)12;1-4(2,3)7(5)6/h9-13,17H,1-8H3;5-9,14H,1-4H3,(H2,13,16,17);5-8H,1-4H3,(H2,13,16,17);4-8H,1-3H3,(H2,11,13,14);2-6H,9H2,1H3,(H2,10,11,12);2-5H,1H3,(H2,9,11,12);5H2,1-3H3. The molecule has 0 radical (unpaired) electrons. The SMILES string of the molecule is CC(=NS(=O)C(C)(C)C)c1ccc(S(N)(=O)=O)cc1.CC(=O)c1ccc(S(N)(=O)=O)cc1.CC(C)(C)S(N)=O.CC(N)c1ccc(S(N)(=O)=O)cc1.CC(NS(=O)C(C)(C)C)c1ccc(S(N)(=O)=O)cc1.CC(c1ccc(S(=O)(=O)N[Si](C)(C)C(C)(C)C)cc1)N(C)C.CC(c1ccc(S(N)(=O)=O)cc1)N(C)C. The van der Waals surface area contributed by atoms with Gasteiger partial charge >= 0.3 is 0 Å². The number of carbonyl (C=O) groups is 1. The van der Waals surface area contributed by atoms with E-state index >= 15 is 0 Å². The molecule has 0 aliphatic rings. The first-order chi connectivity index (χ1) is 48.4. The third kappa shape index (κ3) is 37.3. The van der Waals surface area contributed by atoms with Crippen molar-refractivity contribution in [3.05, 3.63) is 179 Å². The van der Waals surface area contributed by atoms with E-state index in [-0.39, 0.29) is 69.0 Å². The second-order valence-corrected chi connectivity index (χ2v) is 50.4. The van der Waals surface area contributed by atoms with Crippen molar-refractivity contribution >= 4 is 113 Å². The highest BCUT2D eigenvalue weighted by atomic mass is 32.2. The highest BCUT2D eigenvalue weighted by molar-refractivity contribution is 7.91. The van der Waals surface area contributed by atoms with E-state index in [4.69, 9.17) is 36.6 Å². The van der Waals surface area contributed by atoms with Gasteiger partial charge in [0.25, 0.3) is 0 Å². The Bertz CT molecular complexity index is 4720. The van der Waals surface area contributed by atoms with E-state index in [2.05, 4.69) is 46.1 Å². The molecule has 0 aliphatic heterocycles. The van der Waals surface area contributed by atoms with Crippen LogP contribution in [0.15, 0.2) is 179 Å². The quantitative estimate of drug-likeness (QED) is 0.0207. The van der Waals surface area contributed by atoms with Gasteiger partial charge in [-0.25, -0.2) is 97.9 Å². The van der Waals surface area contributed by atoms with Gasteiger partial charge in [-0.2, -0.15) is 4.40 Å². The average Bonchev–Trinajstić information content (AvgIpc) is 0.793. The fraction of sp³-hybridized carbons (Fsp3) is 0.457. The Morgan fingerprint density at radius 1 is 0.426 bits per heavy atom. The van der Waals surface area contributed by atoms with E-state index in [1.807, 2.05) is 141 Å². The normalized spacial score (nSPS) is 14.7. The Hall–Kier alpha value is -5.41. The molecule has 0 saturated heterocycles. The van der Waals surface area contributed by atoms with Gasteiger partial charge in [0.05, 0.1) is 71.3 Å². The summed E-state index contributed by atoms with van der Waals surface area (Å²) in [5.41, 5.74) is 11.3. The highest BCUT2D eigenvalue weighted by Gasteiger charge is 2.39. The average molecular weight is 1700 g/mol. The lowest BCUT2D eigenvalue weighted by atomic mass is 10.1. The first-order valence-electron chi connectivity index (χ1n) is 33.1. The molecule has 6 rings (SSSR count). The van der Waals surface area contributed by atoms with Gasteiger partial charge in [0.15, 0.2) is 5.78 Å². The van der Waals surface area contributed by atoms with Crippen LogP contribution in [-0.2, 0) is 93.1 Å². The fourth-order valence-electron chi connectivity index (χ4n) is 7.40. The third-order valence-electron chi connectivity index (χ3n) is 16.0. The van der Waals surface area contributed by atoms with Crippen molar-refractivity contribution in [3.63, 3.8) is 0 Å². The molecule has 0 spiro atoms. The zero-order valence-electron chi connectivity index (χ0n) is 66.3. The predicted octanol–water partition coefficient (Wildman–Crippen LogP) is 8.90. The monoisotopic (exact) mass is 1700 g/mol. The number of ketones is 1. The Morgan fingerprint density at radius 3 is 0.917 bits per heavy atom. The summed E-state index contributed by atoms with van der Waals surface area (Å²) in [7, 11) is -19.5. The number of nitrogens with one attached hydrogen (secondary N) is 2. The zero-order valence-corrected chi connectivity index (χ0v) is 74.6. The molecular weight excluding hydrogens is 1580 g/mol. The van der Waals surface area contributed by atoms with Crippen molar-refractivity contribution in [2.75, 3.05) is 28.2 Å². The smallest absolute Gasteiger partial charge is 0.238 e. The maximum atomic E-state index is 12.6. The molecule has 0 aromatic heterocycles. The molecule has 0 amide bonds. The van der Waals surface area contributed by atoms with Gasteiger partial charge in [-0.1, -0.05) is 107 Å². The summed E-state index contributed by atoms with van der Waals surface area (Å²) in [5, 5.41) is 29.8. The number of sulfonamides is 6. The number of nitrogens with zero attached hydrogens (tertiary/aromatic N) is 3. The number of hydrogen-bond donors (Lipinski definition) is 9. The van der Waals surface area contributed by atoms with E-state index < -0.39 is 106 Å². The van der Waals surface area contributed by atoms with Gasteiger partial charge in [-0.3, -0.25) is 9.93 Å². The molecule has 0 heterocycles. The largest absolute Gasteiger partial charge is 0.324 e. The number of Topliss-reactive ketones (excluding diaryl/α,β-unsaturated/α-hetero) is 1. The van der Waals surface area contributed by atoms with Gasteiger partial charge in [0, 0.05) is 29.7 Å². The summed E-state index contributed by atoms with van der Waals surface area (Å²) in [6, 6.07) is 38.0. The Morgan fingerprint density at radius 2 is 0.685 bits per heavy atom. The molecule has 6 aromatic rings. The van der Waals surface area contributed by atoms with E-state index in [1.165, 1.54) is 79.7 Å². The number of carbonyl (C=O) groups excluding carboxylic acids is 1. The number of benzene rings is 6. The molecule has 0 fully saturated rings. The Labute approximate surface area is 653 Å². The van der Waals surface area contributed by atoms with E-state index in [0.29, 0.717) is 21.7 Å². The number of nitrogens with two attached hydrogens (primary N) is 7. The van der Waals surface area contributed by atoms with E-state index in [1.54, 1.807) is 67.6 Å². The molecule has 28 nitrogen and oxygen atoms in total. The lowest BCUT2D eigenvalue weighted by Gasteiger charge is -2.36. The van der Waals surface area contributed by atoms with E-state index in [9.17, 15) is 67.9 Å². The van der Waals surface area contributed by atoms with Crippen molar-refractivity contribution < 1.29 is 67.9 Å². The van der Waals surface area contributed by atoms with E-state index in [0.717, 1.165) is 22.3 Å². The molecule has 38 heteroatoms. The Kier molecular flexibility index (Phi) is 39.8. The molecule has 6 aromatic carbocycles. The van der Waals surface area contributed by atoms with Crippen molar-refractivity contribution in [2.45, 2.75) is 211 Å². The minimum Gasteiger partial charge on any atom is -0.324 e. The van der Waals surface area contributed by atoms with Gasteiger partial charge in [0.2, 0.25) is 60.1 Å². The minimum atomic E-state index is -3.69. The minimum absolute atomic E-state index is 0.0116. The summed E-state index contributed by atoms with van der Waals surface area (Å²) in [6.45, 7) is 38.0. The topological polar surface area (TPSA) is 498 Å². The summed E-state index contributed by atoms with van der Waals surface area (Å²) in [5.74, 6) is -0.110. The van der Waals surface area contributed by atoms with Gasteiger partial charge in [-0.05, 0) is 238 Å². The molecule has 0 aliphatic carbocycles. The second kappa shape index (κ2) is 41.9.